The van der Waals surface area contributed by atoms with Crippen LogP contribution >= 0.6 is 0 Å². The van der Waals surface area contributed by atoms with E-state index in [2.05, 4.69) is 27.1 Å². The van der Waals surface area contributed by atoms with E-state index >= 15 is 0 Å². The van der Waals surface area contributed by atoms with E-state index in [9.17, 15) is 20.0 Å². The summed E-state index contributed by atoms with van der Waals surface area (Å²) in [6.07, 6.45) is 1.57. The van der Waals surface area contributed by atoms with Crippen molar-refractivity contribution >= 4 is 23.1 Å². The van der Waals surface area contributed by atoms with E-state index in [0.717, 1.165) is 44.1 Å². The predicted molar refractivity (Wildman–Crippen MR) is 96.7 cm³/mol. The Kier molecular flexibility index (Phi) is 4.99. The van der Waals surface area contributed by atoms with Gasteiger partial charge in [0, 0.05) is 37.8 Å². The van der Waals surface area contributed by atoms with Crippen molar-refractivity contribution < 1.29 is 14.8 Å². The number of anilines is 2. The monoisotopic (exact) mass is 357 g/mol. The molecule has 1 aliphatic rings. The van der Waals surface area contributed by atoms with Crippen molar-refractivity contribution in [3.05, 3.63) is 52.2 Å². The number of nitrogens with zero attached hydrogens (tertiary/aromatic N) is 4. The molecule has 9 heteroatoms. The van der Waals surface area contributed by atoms with Gasteiger partial charge in [0.1, 0.15) is 5.82 Å². The lowest BCUT2D eigenvalue weighted by atomic mass is 10.1. The Bertz CT molecular complexity index is 816. The fraction of sp³-hybridized carbons (Fsp3) is 0.294. The number of aromatic hydroxyl groups is 1. The predicted octanol–water partition coefficient (Wildman–Crippen LogP) is 1.70. The molecule has 1 aliphatic heterocycles. The molecule has 0 spiro atoms. The van der Waals surface area contributed by atoms with Gasteiger partial charge in [-0.3, -0.25) is 14.9 Å². The molecule has 0 unspecified atom stereocenters. The van der Waals surface area contributed by atoms with Gasteiger partial charge in [0.15, 0.2) is 5.75 Å². The zero-order chi connectivity index (χ0) is 18.7. The molecule has 2 aromatic rings. The summed E-state index contributed by atoms with van der Waals surface area (Å²) in [4.78, 5) is 31.0. The molecule has 0 bridgehead atoms. The Balaban J connectivity index is 1.66. The first kappa shape index (κ1) is 17.6. The molecule has 1 aromatic carbocycles. The molecule has 2 N–H and O–H groups in total. The number of carbonyl (C=O) groups is 1. The van der Waals surface area contributed by atoms with Crippen LogP contribution in [0, 0.1) is 10.1 Å². The van der Waals surface area contributed by atoms with Crippen LogP contribution in [-0.2, 0) is 0 Å². The van der Waals surface area contributed by atoms with Gasteiger partial charge >= 0.3 is 5.69 Å². The molecule has 2 heterocycles. The fourth-order valence-corrected chi connectivity index (χ4v) is 2.70. The van der Waals surface area contributed by atoms with Gasteiger partial charge in [-0.1, -0.05) is 0 Å². The largest absolute Gasteiger partial charge is 0.502 e. The van der Waals surface area contributed by atoms with E-state index in [1.165, 1.54) is 6.07 Å². The summed E-state index contributed by atoms with van der Waals surface area (Å²) in [5.41, 5.74) is 0.182. The lowest BCUT2D eigenvalue weighted by Gasteiger charge is -2.33. The Labute approximate surface area is 150 Å². The Hall–Kier alpha value is -3.20. The fourth-order valence-electron chi connectivity index (χ4n) is 2.70. The molecule has 1 fully saturated rings. The number of phenols is 1. The number of carbonyl (C=O) groups excluding carboxylic acids is 1. The molecule has 1 aromatic heterocycles. The first-order chi connectivity index (χ1) is 12.4. The van der Waals surface area contributed by atoms with Crippen LogP contribution in [0.5, 0.6) is 5.75 Å². The van der Waals surface area contributed by atoms with Crippen molar-refractivity contribution in [2.24, 2.45) is 0 Å². The van der Waals surface area contributed by atoms with Crippen molar-refractivity contribution in [1.82, 2.24) is 9.88 Å². The number of nitro benzene ring substituents is 1. The van der Waals surface area contributed by atoms with Crippen molar-refractivity contribution in [1.29, 1.82) is 0 Å². The molecule has 0 atom stereocenters. The van der Waals surface area contributed by atoms with Crippen LogP contribution in [0.25, 0.3) is 0 Å². The van der Waals surface area contributed by atoms with E-state index < -0.39 is 22.3 Å². The van der Waals surface area contributed by atoms with Crippen LogP contribution in [0.15, 0.2) is 36.5 Å². The lowest BCUT2D eigenvalue weighted by molar-refractivity contribution is -0.385. The van der Waals surface area contributed by atoms with Gasteiger partial charge in [-0.2, -0.15) is 0 Å². The molecule has 9 nitrogen and oxygen atoms in total. The van der Waals surface area contributed by atoms with Gasteiger partial charge in [-0.25, -0.2) is 4.98 Å². The summed E-state index contributed by atoms with van der Waals surface area (Å²) in [6, 6.07) is 7.05. The smallest absolute Gasteiger partial charge is 0.310 e. The van der Waals surface area contributed by atoms with Crippen LogP contribution in [0.3, 0.4) is 0 Å². The lowest BCUT2D eigenvalue weighted by Crippen LogP contribution is -2.44. The third kappa shape index (κ3) is 3.89. The first-order valence-corrected chi connectivity index (χ1v) is 8.12. The molecular weight excluding hydrogens is 338 g/mol. The maximum atomic E-state index is 12.2. The van der Waals surface area contributed by atoms with Crippen LogP contribution in [0.2, 0.25) is 0 Å². The average molecular weight is 357 g/mol. The van der Waals surface area contributed by atoms with Gasteiger partial charge in [0.2, 0.25) is 0 Å². The molecule has 1 amide bonds. The van der Waals surface area contributed by atoms with E-state index in [-0.39, 0.29) is 5.56 Å². The second-order valence-corrected chi connectivity index (χ2v) is 6.11. The Morgan fingerprint density at radius 3 is 2.54 bits per heavy atom. The quantitative estimate of drug-likeness (QED) is 0.632. The summed E-state index contributed by atoms with van der Waals surface area (Å²) in [7, 11) is 2.08. The number of hydrogen-bond donors (Lipinski definition) is 2. The number of phenolic OH excluding ortho intramolecular Hbond substituents is 1. The van der Waals surface area contributed by atoms with Crippen LogP contribution < -0.4 is 10.2 Å². The van der Waals surface area contributed by atoms with E-state index in [4.69, 9.17) is 0 Å². The highest BCUT2D eigenvalue weighted by atomic mass is 16.6. The summed E-state index contributed by atoms with van der Waals surface area (Å²) < 4.78 is 0. The number of amides is 1. The SMILES string of the molecule is CN1CCN(c2ccc(NC(=O)c3ccc([N+](=O)[O-])c(O)c3)cn2)CC1. The van der Waals surface area contributed by atoms with Gasteiger partial charge in [0.05, 0.1) is 16.8 Å². The highest BCUT2D eigenvalue weighted by Gasteiger charge is 2.17. The minimum Gasteiger partial charge on any atom is -0.502 e. The highest BCUT2D eigenvalue weighted by molar-refractivity contribution is 6.04. The van der Waals surface area contributed by atoms with Crippen LogP contribution in [-0.4, -0.2) is 59.0 Å². The Morgan fingerprint density at radius 2 is 1.96 bits per heavy atom. The third-order valence-corrected chi connectivity index (χ3v) is 4.27. The second kappa shape index (κ2) is 7.36. The normalized spacial score (nSPS) is 14.9. The minimum absolute atomic E-state index is 0.122. The molecule has 26 heavy (non-hydrogen) atoms. The number of likely N-dealkylation sites (N-methyl/N-ethyl adjacent to an activating group) is 1. The third-order valence-electron chi connectivity index (χ3n) is 4.27. The minimum atomic E-state index is -0.710. The van der Waals surface area contributed by atoms with E-state index in [0.29, 0.717) is 5.69 Å². The topological polar surface area (TPSA) is 112 Å². The number of pyridine rings is 1. The Morgan fingerprint density at radius 1 is 1.23 bits per heavy atom. The number of benzene rings is 1. The molecular formula is C17H19N5O4. The van der Waals surface area contributed by atoms with Gasteiger partial charge in [0.25, 0.3) is 5.91 Å². The van der Waals surface area contributed by atoms with E-state index in [1.807, 2.05) is 6.07 Å². The zero-order valence-electron chi connectivity index (χ0n) is 14.3. The van der Waals surface area contributed by atoms with E-state index in [1.54, 1.807) is 12.3 Å². The number of hydrogen-bond acceptors (Lipinski definition) is 7. The molecule has 1 saturated heterocycles. The van der Waals surface area contributed by atoms with Crippen molar-refractivity contribution in [3.8, 4) is 5.75 Å². The van der Waals surface area contributed by atoms with Crippen molar-refractivity contribution in [2.75, 3.05) is 43.4 Å². The van der Waals surface area contributed by atoms with Gasteiger partial charge < -0.3 is 20.2 Å². The molecule has 0 aliphatic carbocycles. The highest BCUT2D eigenvalue weighted by Crippen LogP contribution is 2.26. The maximum absolute atomic E-state index is 12.2. The van der Waals surface area contributed by atoms with Crippen LogP contribution in [0.1, 0.15) is 10.4 Å². The first-order valence-electron chi connectivity index (χ1n) is 8.12. The number of piperazine rings is 1. The summed E-state index contributed by atoms with van der Waals surface area (Å²) in [5, 5.41) is 23.0. The second-order valence-electron chi connectivity index (χ2n) is 6.11. The van der Waals surface area contributed by atoms with Crippen LogP contribution in [0.4, 0.5) is 17.2 Å². The number of rotatable bonds is 4. The molecule has 0 saturated carbocycles. The molecule has 0 radical (unpaired) electrons. The summed E-state index contributed by atoms with van der Waals surface area (Å²) in [5.74, 6) is -0.181. The summed E-state index contributed by atoms with van der Waals surface area (Å²) >= 11 is 0. The maximum Gasteiger partial charge on any atom is 0.310 e. The molecule has 3 rings (SSSR count). The standard InChI is InChI=1S/C17H19N5O4/c1-20-6-8-21(9-7-20)16-5-3-13(11-18-16)19-17(24)12-2-4-14(22(25)26)15(23)10-12/h2-5,10-11,23H,6-9H2,1H3,(H,19,24). The summed E-state index contributed by atoms with van der Waals surface area (Å²) in [6.45, 7) is 3.75. The van der Waals surface area contributed by atoms with Crippen molar-refractivity contribution in [3.63, 3.8) is 0 Å². The zero-order valence-corrected chi connectivity index (χ0v) is 14.3. The van der Waals surface area contributed by atoms with Crippen molar-refractivity contribution in [2.45, 2.75) is 0 Å². The van der Waals surface area contributed by atoms with Gasteiger partial charge in [-0.05, 0) is 31.3 Å². The van der Waals surface area contributed by atoms with Gasteiger partial charge in [-0.15, -0.1) is 0 Å². The number of nitro groups is 1. The average Bonchev–Trinajstić information content (AvgIpc) is 2.62. The molecule has 136 valence electrons. The number of aromatic nitrogens is 1. The number of nitrogens with one attached hydrogen (secondary N) is 1.